The number of hydrogen-bond acceptors (Lipinski definition) is 6. The number of fused-ring (bicyclic) bond motifs is 6. The van der Waals surface area contributed by atoms with Gasteiger partial charge in [0.2, 0.25) is 6.79 Å². The molecule has 0 fully saturated rings. The Bertz CT molecular complexity index is 1010. The number of nitrogens with zero attached hydrogens (tertiary/aromatic N) is 1. The first kappa shape index (κ1) is 16.0. The first-order chi connectivity index (χ1) is 13.0. The fourth-order valence-corrected chi connectivity index (χ4v) is 4.30. The zero-order chi connectivity index (χ0) is 18.9. The Labute approximate surface area is 155 Å². The van der Waals surface area contributed by atoms with Crippen molar-refractivity contribution in [3.05, 3.63) is 46.5 Å². The number of Topliss-reactive ketones (excluding diaryl/α,β-unsaturated/α-hetero) is 1. The van der Waals surface area contributed by atoms with Gasteiger partial charge in [-0.2, -0.15) is 0 Å². The lowest BCUT2D eigenvalue weighted by Gasteiger charge is -2.36. The second-order valence-corrected chi connectivity index (χ2v) is 6.79. The lowest BCUT2D eigenvalue weighted by molar-refractivity contribution is 0.0665. The zero-order valence-electron chi connectivity index (χ0n) is 15.1. The standard InChI is InChI=1S/C20H17NO6/c1-21-18-10-5-15-16(27-8-26-15)6-11(10)19(22)17(18)9-4-13(24-2)14(25-3)7-12(9)20(21)23/h4-7,17-18H,8H2,1-3H3/t17-,18+/m1/s1. The van der Waals surface area contributed by atoms with Crippen molar-refractivity contribution in [3.63, 3.8) is 0 Å². The van der Waals surface area contributed by atoms with Crippen LogP contribution in [-0.2, 0) is 0 Å². The van der Waals surface area contributed by atoms with Gasteiger partial charge in [-0.05, 0) is 35.4 Å². The van der Waals surface area contributed by atoms with Gasteiger partial charge in [-0.3, -0.25) is 9.59 Å². The Morgan fingerprint density at radius 1 is 0.926 bits per heavy atom. The normalized spacial score (nSPS) is 21.7. The number of methoxy groups -OCH3 is 2. The molecule has 0 saturated carbocycles. The van der Waals surface area contributed by atoms with E-state index in [0.29, 0.717) is 39.7 Å². The van der Waals surface area contributed by atoms with Gasteiger partial charge in [0, 0.05) is 18.2 Å². The van der Waals surface area contributed by atoms with E-state index in [9.17, 15) is 9.59 Å². The third-order valence-electron chi connectivity index (χ3n) is 5.59. The summed E-state index contributed by atoms with van der Waals surface area (Å²) in [6.45, 7) is 0.134. The van der Waals surface area contributed by atoms with E-state index in [1.807, 2.05) is 6.07 Å². The number of ether oxygens (including phenoxy) is 4. The minimum Gasteiger partial charge on any atom is -0.493 e. The van der Waals surface area contributed by atoms with Crippen LogP contribution in [0, 0.1) is 0 Å². The number of amides is 1. The average molecular weight is 367 g/mol. The zero-order valence-corrected chi connectivity index (χ0v) is 15.1. The van der Waals surface area contributed by atoms with Crippen molar-refractivity contribution >= 4 is 11.7 Å². The monoisotopic (exact) mass is 367 g/mol. The molecule has 3 aliphatic rings. The fraction of sp³-hybridized carbons (Fsp3) is 0.300. The molecule has 138 valence electrons. The van der Waals surface area contributed by atoms with Crippen molar-refractivity contribution < 1.29 is 28.5 Å². The van der Waals surface area contributed by atoms with Gasteiger partial charge in [0.05, 0.1) is 26.2 Å². The summed E-state index contributed by atoms with van der Waals surface area (Å²) < 4.78 is 21.6. The van der Waals surface area contributed by atoms with Crippen LogP contribution in [0.15, 0.2) is 24.3 Å². The summed E-state index contributed by atoms with van der Waals surface area (Å²) in [4.78, 5) is 27.9. The lowest BCUT2D eigenvalue weighted by Crippen LogP contribution is -2.39. The van der Waals surface area contributed by atoms with Gasteiger partial charge in [0.1, 0.15) is 0 Å². The SMILES string of the molecule is COc1cc2c(cc1OC)[C@H]1C(=O)c3cc4c(cc3[C@@H]1N(C)C2=O)OCO4. The second kappa shape index (κ2) is 5.39. The van der Waals surface area contributed by atoms with Crippen LogP contribution in [0.2, 0.25) is 0 Å². The molecule has 5 rings (SSSR count). The molecule has 27 heavy (non-hydrogen) atoms. The number of hydrogen-bond donors (Lipinski definition) is 0. The minimum absolute atomic E-state index is 0.0406. The molecule has 0 aromatic heterocycles. The molecular weight excluding hydrogens is 350 g/mol. The van der Waals surface area contributed by atoms with Crippen LogP contribution >= 0.6 is 0 Å². The van der Waals surface area contributed by atoms with E-state index in [2.05, 4.69) is 0 Å². The van der Waals surface area contributed by atoms with Crippen LogP contribution in [0.4, 0.5) is 0 Å². The van der Waals surface area contributed by atoms with E-state index in [1.165, 1.54) is 14.2 Å². The second-order valence-electron chi connectivity index (χ2n) is 6.79. The molecule has 2 aliphatic heterocycles. The topological polar surface area (TPSA) is 74.3 Å². The van der Waals surface area contributed by atoms with E-state index in [4.69, 9.17) is 18.9 Å². The molecule has 0 bridgehead atoms. The molecule has 7 nitrogen and oxygen atoms in total. The van der Waals surface area contributed by atoms with Gasteiger partial charge in [-0.1, -0.05) is 0 Å². The van der Waals surface area contributed by atoms with Crippen LogP contribution in [0.1, 0.15) is 43.8 Å². The summed E-state index contributed by atoms with van der Waals surface area (Å²) in [6, 6.07) is 6.53. The predicted molar refractivity (Wildman–Crippen MR) is 94.0 cm³/mol. The minimum atomic E-state index is -0.500. The maximum Gasteiger partial charge on any atom is 0.254 e. The van der Waals surface area contributed by atoms with E-state index >= 15 is 0 Å². The quantitative estimate of drug-likeness (QED) is 0.812. The molecule has 2 atom stereocenters. The number of likely N-dealkylation sites (N-methyl/N-ethyl adjacent to an activating group) is 1. The Morgan fingerprint density at radius 2 is 1.59 bits per heavy atom. The summed E-state index contributed by atoms with van der Waals surface area (Å²) >= 11 is 0. The molecule has 0 spiro atoms. The third kappa shape index (κ3) is 1.96. The molecule has 0 unspecified atom stereocenters. The molecule has 0 radical (unpaired) electrons. The predicted octanol–water partition coefficient (Wildman–Crippen LogP) is 2.54. The smallest absolute Gasteiger partial charge is 0.254 e. The number of rotatable bonds is 2. The van der Waals surface area contributed by atoms with Crippen molar-refractivity contribution in [1.29, 1.82) is 0 Å². The molecule has 2 aromatic carbocycles. The Morgan fingerprint density at radius 3 is 2.30 bits per heavy atom. The summed E-state index contributed by atoms with van der Waals surface area (Å²) in [5.41, 5.74) is 2.46. The molecule has 7 heteroatoms. The van der Waals surface area contributed by atoms with Crippen molar-refractivity contribution in [2.45, 2.75) is 12.0 Å². The van der Waals surface area contributed by atoms with Gasteiger partial charge in [-0.25, -0.2) is 0 Å². The van der Waals surface area contributed by atoms with Gasteiger partial charge in [0.25, 0.3) is 5.91 Å². The average Bonchev–Trinajstić information content (AvgIpc) is 3.25. The largest absolute Gasteiger partial charge is 0.493 e. The summed E-state index contributed by atoms with van der Waals surface area (Å²) in [5, 5.41) is 0. The van der Waals surface area contributed by atoms with Crippen molar-refractivity contribution in [2.75, 3.05) is 28.1 Å². The Hall–Kier alpha value is -3.22. The first-order valence-electron chi connectivity index (χ1n) is 8.56. The highest BCUT2D eigenvalue weighted by Crippen LogP contribution is 2.53. The molecule has 2 aromatic rings. The highest BCUT2D eigenvalue weighted by atomic mass is 16.7. The number of carbonyl (C=O) groups excluding carboxylic acids is 2. The summed E-state index contributed by atoms with van der Waals surface area (Å²) in [7, 11) is 4.76. The van der Waals surface area contributed by atoms with Crippen LogP contribution < -0.4 is 18.9 Å². The lowest BCUT2D eigenvalue weighted by atomic mass is 9.83. The number of benzene rings is 2. The Kier molecular flexibility index (Phi) is 3.19. The fourth-order valence-electron chi connectivity index (χ4n) is 4.30. The Balaban J connectivity index is 1.73. The maximum atomic E-state index is 13.3. The van der Waals surface area contributed by atoms with Gasteiger partial charge >= 0.3 is 0 Å². The van der Waals surface area contributed by atoms with Crippen molar-refractivity contribution in [1.82, 2.24) is 4.90 Å². The molecule has 0 saturated heterocycles. The summed E-state index contributed by atoms with van der Waals surface area (Å²) in [6.07, 6.45) is 0. The first-order valence-corrected chi connectivity index (χ1v) is 8.56. The number of carbonyl (C=O) groups is 2. The van der Waals surface area contributed by atoms with E-state index in [1.54, 1.807) is 30.1 Å². The van der Waals surface area contributed by atoms with E-state index in [0.717, 1.165) is 5.56 Å². The van der Waals surface area contributed by atoms with E-state index < -0.39 is 5.92 Å². The van der Waals surface area contributed by atoms with Crippen LogP contribution in [0.25, 0.3) is 0 Å². The maximum absolute atomic E-state index is 13.3. The van der Waals surface area contributed by atoms with Gasteiger partial charge in [0.15, 0.2) is 28.8 Å². The highest BCUT2D eigenvalue weighted by Gasteiger charge is 2.50. The van der Waals surface area contributed by atoms with Crippen molar-refractivity contribution in [2.24, 2.45) is 0 Å². The van der Waals surface area contributed by atoms with Crippen LogP contribution in [0.5, 0.6) is 23.0 Å². The van der Waals surface area contributed by atoms with Crippen LogP contribution in [-0.4, -0.2) is 44.7 Å². The van der Waals surface area contributed by atoms with Crippen molar-refractivity contribution in [3.8, 4) is 23.0 Å². The van der Waals surface area contributed by atoms with Gasteiger partial charge in [-0.15, -0.1) is 0 Å². The third-order valence-corrected chi connectivity index (χ3v) is 5.59. The summed E-state index contributed by atoms with van der Waals surface area (Å²) in [5.74, 6) is 1.40. The number of ketones is 1. The van der Waals surface area contributed by atoms with Gasteiger partial charge < -0.3 is 23.8 Å². The molecule has 1 aliphatic carbocycles. The highest BCUT2D eigenvalue weighted by molar-refractivity contribution is 6.11. The molecule has 1 amide bonds. The molecule has 2 heterocycles. The molecule has 0 N–H and O–H groups in total. The molecular formula is C20H17NO6. The van der Waals surface area contributed by atoms with Crippen LogP contribution in [0.3, 0.4) is 0 Å². The van der Waals surface area contributed by atoms with E-state index in [-0.39, 0.29) is 24.5 Å².